The SMILES string of the molecule is CC1=CC2OC3CC4OC(=O)/C=C\C=C/C(C(C)O)OCC(O)C5(C)OC5C(=O)OC[C@@]2(CC1O)C4(C)[C@@]31CO1. The van der Waals surface area contributed by atoms with Gasteiger partial charge < -0.3 is 43.7 Å². The number of allylic oxidation sites excluding steroid dienone is 2. The summed E-state index contributed by atoms with van der Waals surface area (Å²) in [6.07, 6.45) is 2.24. The third-order valence-corrected chi connectivity index (χ3v) is 10.3. The quantitative estimate of drug-likeness (QED) is 0.232. The van der Waals surface area contributed by atoms with Crippen molar-refractivity contribution >= 4 is 11.9 Å². The molecule has 10 unspecified atom stereocenters. The second-order valence-electron chi connectivity index (χ2n) is 12.5. The Kier molecular flexibility index (Phi) is 6.62. The molecule has 4 heterocycles. The van der Waals surface area contributed by atoms with Crippen LogP contribution in [0.1, 0.15) is 40.5 Å². The summed E-state index contributed by atoms with van der Waals surface area (Å²) in [6.45, 7) is 7.03. The normalized spacial score (nSPS) is 52.6. The summed E-state index contributed by atoms with van der Waals surface area (Å²) in [5.74, 6) is -1.23. The van der Waals surface area contributed by atoms with Gasteiger partial charge in [-0.1, -0.05) is 31.2 Å². The second-order valence-corrected chi connectivity index (χ2v) is 12.5. The summed E-state index contributed by atoms with van der Waals surface area (Å²) >= 11 is 0. The van der Waals surface area contributed by atoms with Crippen molar-refractivity contribution in [2.45, 2.75) is 101 Å². The molecule has 1 saturated carbocycles. The lowest BCUT2D eigenvalue weighted by atomic mass is 9.51. The van der Waals surface area contributed by atoms with E-state index in [2.05, 4.69) is 0 Å². The summed E-state index contributed by atoms with van der Waals surface area (Å²) in [5, 5.41) is 31.9. The van der Waals surface area contributed by atoms with Gasteiger partial charge in [-0.25, -0.2) is 9.59 Å². The first-order chi connectivity index (χ1) is 18.9. The lowest BCUT2D eigenvalue weighted by molar-refractivity contribution is -0.239. The molecule has 11 nitrogen and oxygen atoms in total. The lowest BCUT2D eigenvalue weighted by Gasteiger charge is -2.58. The summed E-state index contributed by atoms with van der Waals surface area (Å²) in [5.41, 5.74) is -3.03. The molecule has 4 fully saturated rings. The number of carbonyl (C=O) groups is 2. The van der Waals surface area contributed by atoms with Crippen molar-refractivity contribution in [2.75, 3.05) is 19.8 Å². The zero-order valence-electron chi connectivity index (χ0n) is 23.1. The minimum Gasteiger partial charge on any atom is -0.463 e. The zero-order chi connectivity index (χ0) is 28.7. The van der Waals surface area contributed by atoms with Gasteiger partial charge in [0.25, 0.3) is 0 Å². The van der Waals surface area contributed by atoms with Crippen molar-refractivity contribution in [1.82, 2.24) is 0 Å². The van der Waals surface area contributed by atoms with E-state index >= 15 is 0 Å². The van der Waals surface area contributed by atoms with Crippen LogP contribution >= 0.6 is 0 Å². The van der Waals surface area contributed by atoms with Gasteiger partial charge in [-0.15, -0.1) is 0 Å². The van der Waals surface area contributed by atoms with Crippen LogP contribution in [0.5, 0.6) is 0 Å². The number of hydrogen-bond donors (Lipinski definition) is 3. The number of hydrogen-bond acceptors (Lipinski definition) is 11. The molecule has 11 heteroatoms. The Bertz CT molecular complexity index is 1160. The molecule has 6 aliphatic rings. The Hall–Kier alpha value is -2.12. The number of cyclic esters (lactones) is 1. The predicted octanol–water partition coefficient (Wildman–Crippen LogP) is 0.496. The van der Waals surface area contributed by atoms with Crippen LogP contribution in [0, 0.1) is 10.8 Å². The number of epoxide rings is 2. The van der Waals surface area contributed by atoms with Gasteiger partial charge in [-0.05, 0) is 32.8 Å². The Morgan fingerprint density at radius 3 is 2.55 bits per heavy atom. The van der Waals surface area contributed by atoms with Crippen LogP contribution in [-0.4, -0.2) is 107 Å². The van der Waals surface area contributed by atoms with Crippen LogP contribution in [0.15, 0.2) is 36.0 Å². The van der Waals surface area contributed by atoms with Gasteiger partial charge in [0.1, 0.15) is 36.1 Å². The standard InChI is InChI=1S/C29H38O11/c1-15-9-21-28(11-17(15)31)13-36-25(34)24-26(3,40-24)19(32)12-35-18(16(2)30)7-5-6-8-23(33)39-20-10-22(38-21)29(14-37-29)27(20,28)4/h5-9,16-22,24,30-32H,10-14H2,1-4H3/b7-5-,8-6-/t16?,17?,18?,19?,20?,21?,22?,24?,26?,27?,28-,29-/m1/s1. The molecule has 12 atom stereocenters. The maximum Gasteiger partial charge on any atom is 0.338 e. The predicted molar refractivity (Wildman–Crippen MR) is 137 cm³/mol. The molecule has 3 saturated heterocycles. The Balaban J connectivity index is 1.38. The molecule has 3 N–H and O–H groups in total. The molecular formula is C29H38O11. The van der Waals surface area contributed by atoms with Crippen molar-refractivity contribution < 1.29 is 53.3 Å². The first-order valence-electron chi connectivity index (χ1n) is 13.9. The van der Waals surface area contributed by atoms with Gasteiger partial charge in [-0.2, -0.15) is 0 Å². The number of aliphatic hydroxyl groups excluding tert-OH is 3. The smallest absolute Gasteiger partial charge is 0.338 e. The Labute approximate surface area is 232 Å². The largest absolute Gasteiger partial charge is 0.463 e. The van der Waals surface area contributed by atoms with E-state index in [-0.39, 0.29) is 25.7 Å². The first-order valence-corrected chi connectivity index (χ1v) is 13.9. The third kappa shape index (κ3) is 3.97. The average molecular weight is 563 g/mol. The van der Waals surface area contributed by atoms with Gasteiger partial charge in [0.2, 0.25) is 0 Å². The van der Waals surface area contributed by atoms with Gasteiger partial charge in [0.15, 0.2) is 6.10 Å². The van der Waals surface area contributed by atoms with E-state index in [4.69, 9.17) is 28.4 Å². The third-order valence-electron chi connectivity index (χ3n) is 10.3. The summed E-state index contributed by atoms with van der Waals surface area (Å²) in [6, 6.07) is 0. The van der Waals surface area contributed by atoms with E-state index in [9.17, 15) is 24.9 Å². The minimum atomic E-state index is -1.22. The van der Waals surface area contributed by atoms with Gasteiger partial charge in [0.05, 0.1) is 43.0 Å². The second kappa shape index (κ2) is 9.45. The molecule has 220 valence electrons. The van der Waals surface area contributed by atoms with Crippen LogP contribution < -0.4 is 0 Å². The van der Waals surface area contributed by atoms with E-state index in [0.29, 0.717) is 13.0 Å². The Morgan fingerprint density at radius 2 is 1.85 bits per heavy atom. The molecule has 0 amide bonds. The lowest BCUT2D eigenvalue weighted by Crippen LogP contribution is -2.68. The minimum absolute atomic E-state index is 0.134. The number of ether oxygens (including phenoxy) is 6. The van der Waals surface area contributed by atoms with Crippen LogP contribution in [-0.2, 0) is 38.0 Å². The number of esters is 2. The summed E-state index contributed by atoms with van der Waals surface area (Å²) < 4.78 is 35.9. The highest BCUT2D eigenvalue weighted by molar-refractivity contribution is 5.82. The number of carbonyl (C=O) groups excluding carboxylic acids is 2. The van der Waals surface area contributed by atoms with Crippen LogP contribution in [0.3, 0.4) is 0 Å². The topological polar surface area (TPSA) is 157 Å². The van der Waals surface area contributed by atoms with Crippen molar-refractivity contribution in [3.8, 4) is 0 Å². The molecule has 2 bridgehead atoms. The van der Waals surface area contributed by atoms with E-state index in [1.165, 1.54) is 12.2 Å². The van der Waals surface area contributed by atoms with Gasteiger partial charge in [-0.3, -0.25) is 0 Å². The molecular weight excluding hydrogens is 524 g/mol. The van der Waals surface area contributed by atoms with Crippen molar-refractivity contribution in [3.63, 3.8) is 0 Å². The van der Waals surface area contributed by atoms with Crippen molar-refractivity contribution in [1.29, 1.82) is 0 Å². The van der Waals surface area contributed by atoms with Crippen molar-refractivity contribution in [3.05, 3.63) is 36.0 Å². The molecule has 4 aliphatic heterocycles. The van der Waals surface area contributed by atoms with E-state index < -0.39 is 76.7 Å². The summed E-state index contributed by atoms with van der Waals surface area (Å²) in [7, 11) is 0. The zero-order valence-corrected chi connectivity index (χ0v) is 23.1. The summed E-state index contributed by atoms with van der Waals surface area (Å²) in [4.78, 5) is 26.3. The van der Waals surface area contributed by atoms with Gasteiger partial charge >= 0.3 is 11.9 Å². The molecule has 0 aromatic rings. The fourth-order valence-electron chi connectivity index (χ4n) is 7.38. The number of aliphatic hydroxyl groups is 3. The monoisotopic (exact) mass is 562 g/mol. The van der Waals surface area contributed by atoms with E-state index in [1.54, 1.807) is 26.0 Å². The number of fused-ring (bicyclic) bond motifs is 1. The van der Waals surface area contributed by atoms with E-state index in [1.807, 2.05) is 19.9 Å². The molecule has 2 aliphatic carbocycles. The Morgan fingerprint density at radius 1 is 1.10 bits per heavy atom. The fourth-order valence-corrected chi connectivity index (χ4v) is 7.38. The molecule has 0 aromatic carbocycles. The highest BCUT2D eigenvalue weighted by atomic mass is 16.7. The molecule has 2 spiro atoms. The number of rotatable bonds is 1. The van der Waals surface area contributed by atoms with Crippen molar-refractivity contribution in [2.24, 2.45) is 10.8 Å². The molecule has 0 aromatic heterocycles. The molecule has 40 heavy (non-hydrogen) atoms. The molecule has 6 rings (SSSR count). The first kappa shape index (κ1) is 28.0. The molecule has 0 radical (unpaired) electrons. The highest BCUT2D eigenvalue weighted by Crippen LogP contribution is 2.72. The maximum atomic E-state index is 13.3. The highest BCUT2D eigenvalue weighted by Gasteiger charge is 2.83. The van der Waals surface area contributed by atoms with E-state index in [0.717, 1.165) is 5.57 Å². The van der Waals surface area contributed by atoms with Crippen LogP contribution in [0.2, 0.25) is 0 Å². The fraction of sp³-hybridized carbons (Fsp3) is 0.724. The maximum absolute atomic E-state index is 13.3. The van der Waals surface area contributed by atoms with Crippen LogP contribution in [0.25, 0.3) is 0 Å². The van der Waals surface area contributed by atoms with Gasteiger partial charge in [0, 0.05) is 17.9 Å². The van der Waals surface area contributed by atoms with Crippen LogP contribution in [0.4, 0.5) is 0 Å². The average Bonchev–Trinajstić information content (AvgIpc) is 3.81.